The number of benzene rings is 1. The van der Waals surface area contributed by atoms with Gasteiger partial charge in [0.15, 0.2) is 0 Å². The Bertz CT molecular complexity index is 694. The number of nitrogens with two attached hydrogens (primary N) is 1. The molecule has 29 heavy (non-hydrogen) atoms. The molecule has 0 aliphatic rings. The first-order chi connectivity index (χ1) is 13.6. The van der Waals surface area contributed by atoms with E-state index in [9.17, 15) is 14.4 Å². The van der Waals surface area contributed by atoms with Crippen LogP contribution in [0.2, 0.25) is 0 Å². The van der Waals surface area contributed by atoms with Crippen molar-refractivity contribution in [3.8, 4) is 5.75 Å². The van der Waals surface area contributed by atoms with E-state index < -0.39 is 23.1 Å². The van der Waals surface area contributed by atoms with E-state index in [-0.39, 0.29) is 24.2 Å². The fourth-order valence-corrected chi connectivity index (χ4v) is 3.59. The Morgan fingerprint density at radius 1 is 1.21 bits per heavy atom. The van der Waals surface area contributed by atoms with Crippen LogP contribution in [0.15, 0.2) is 24.3 Å². The third kappa shape index (κ3) is 7.61. The number of methoxy groups -OCH3 is 1. The normalized spacial score (nSPS) is 14.0. The van der Waals surface area contributed by atoms with E-state index >= 15 is 0 Å². The second-order valence-corrected chi connectivity index (χ2v) is 8.26. The molecule has 0 saturated carbocycles. The molecule has 8 heteroatoms. The Morgan fingerprint density at radius 2 is 1.79 bits per heavy atom. The fourth-order valence-electron chi connectivity index (χ4n) is 3.17. The Labute approximate surface area is 178 Å². The molecule has 0 bridgehead atoms. The lowest BCUT2D eigenvalue weighted by molar-refractivity contribution is -0.139. The summed E-state index contributed by atoms with van der Waals surface area (Å²) in [6.45, 7) is 3.97. The summed E-state index contributed by atoms with van der Waals surface area (Å²) in [6.07, 6.45) is 0.940. The van der Waals surface area contributed by atoms with Gasteiger partial charge in [-0.05, 0) is 30.0 Å². The SMILES string of the molecule is CNC(=O)C(Cc1ccc(OC)cc1)N(C)C(=O)CC(S)C(CC(C)C)C(N)=O. The van der Waals surface area contributed by atoms with Crippen LogP contribution in [0.4, 0.5) is 0 Å². The fraction of sp³-hybridized carbons (Fsp3) is 0.571. The van der Waals surface area contributed by atoms with Crippen molar-refractivity contribution >= 4 is 30.4 Å². The number of nitrogens with zero attached hydrogens (tertiary/aromatic N) is 1. The number of amides is 3. The zero-order chi connectivity index (χ0) is 22.1. The van der Waals surface area contributed by atoms with Crippen LogP contribution in [0.1, 0.15) is 32.3 Å². The Morgan fingerprint density at radius 3 is 2.24 bits per heavy atom. The second-order valence-electron chi connectivity index (χ2n) is 7.60. The molecule has 3 unspecified atom stereocenters. The first kappa shape index (κ1) is 24.8. The van der Waals surface area contributed by atoms with E-state index in [1.165, 1.54) is 11.9 Å². The molecule has 0 aliphatic carbocycles. The maximum atomic E-state index is 12.8. The summed E-state index contributed by atoms with van der Waals surface area (Å²) >= 11 is 4.47. The number of carbonyl (C=O) groups is 3. The standard InChI is InChI=1S/C21H33N3O4S/c1-13(2)10-16(20(22)26)18(29)12-19(25)24(4)17(21(27)23-3)11-14-6-8-15(28-5)9-7-14/h6-9,13,16-18,29H,10-12H2,1-5H3,(H2,22,26)(H,23,27). The molecule has 1 rings (SSSR count). The highest BCUT2D eigenvalue weighted by atomic mass is 32.1. The molecule has 1 aromatic carbocycles. The van der Waals surface area contributed by atoms with Gasteiger partial charge in [0.1, 0.15) is 11.8 Å². The van der Waals surface area contributed by atoms with Crippen LogP contribution in [0.5, 0.6) is 5.75 Å². The van der Waals surface area contributed by atoms with Gasteiger partial charge in [-0.25, -0.2) is 0 Å². The van der Waals surface area contributed by atoms with Gasteiger partial charge in [0.05, 0.1) is 13.0 Å². The van der Waals surface area contributed by atoms with Crippen molar-refractivity contribution < 1.29 is 19.1 Å². The summed E-state index contributed by atoms with van der Waals surface area (Å²) in [6, 6.07) is 6.66. The summed E-state index contributed by atoms with van der Waals surface area (Å²) in [5.41, 5.74) is 6.41. The van der Waals surface area contributed by atoms with Crippen molar-refractivity contribution in [1.82, 2.24) is 10.2 Å². The van der Waals surface area contributed by atoms with Crippen LogP contribution in [-0.4, -0.2) is 55.1 Å². The number of carbonyl (C=O) groups excluding carboxylic acids is 3. The second kappa shape index (κ2) is 11.7. The molecule has 0 aromatic heterocycles. The Balaban J connectivity index is 2.91. The largest absolute Gasteiger partial charge is 0.497 e. The first-order valence-electron chi connectivity index (χ1n) is 9.68. The van der Waals surface area contributed by atoms with Crippen molar-refractivity contribution in [1.29, 1.82) is 0 Å². The van der Waals surface area contributed by atoms with Gasteiger partial charge in [-0.3, -0.25) is 14.4 Å². The zero-order valence-corrected chi connectivity index (χ0v) is 18.7. The van der Waals surface area contributed by atoms with E-state index in [0.29, 0.717) is 12.8 Å². The molecular weight excluding hydrogens is 390 g/mol. The highest BCUT2D eigenvalue weighted by Crippen LogP contribution is 2.23. The molecule has 7 nitrogen and oxygen atoms in total. The molecule has 3 amide bonds. The maximum absolute atomic E-state index is 12.8. The molecule has 0 fully saturated rings. The van der Waals surface area contributed by atoms with Gasteiger partial charge >= 0.3 is 0 Å². The van der Waals surface area contributed by atoms with Crippen LogP contribution in [0.3, 0.4) is 0 Å². The summed E-state index contributed by atoms with van der Waals surface area (Å²) in [5.74, 6) is -0.520. The minimum absolute atomic E-state index is 0.0239. The van der Waals surface area contributed by atoms with Crippen LogP contribution in [-0.2, 0) is 20.8 Å². The number of hydrogen-bond acceptors (Lipinski definition) is 5. The minimum Gasteiger partial charge on any atom is -0.497 e. The Kier molecular flexibility index (Phi) is 10.0. The van der Waals surface area contributed by atoms with Crippen molar-refractivity contribution in [3.05, 3.63) is 29.8 Å². The summed E-state index contributed by atoms with van der Waals surface area (Å²) in [7, 11) is 4.71. The summed E-state index contributed by atoms with van der Waals surface area (Å²) < 4.78 is 5.15. The molecule has 0 radical (unpaired) electrons. The number of thiol groups is 1. The maximum Gasteiger partial charge on any atom is 0.242 e. The van der Waals surface area contributed by atoms with E-state index in [2.05, 4.69) is 17.9 Å². The van der Waals surface area contributed by atoms with E-state index in [0.717, 1.165) is 11.3 Å². The lowest BCUT2D eigenvalue weighted by Crippen LogP contribution is -2.49. The van der Waals surface area contributed by atoms with Crippen molar-refractivity contribution in [3.63, 3.8) is 0 Å². The van der Waals surface area contributed by atoms with Gasteiger partial charge in [0, 0.05) is 32.2 Å². The smallest absolute Gasteiger partial charge is 0.242 e. The predicted molar refractivity (Wildman–Crippen MR) is 117 cm³/mol. The van der Waals surface area contributed by atoms with Gasteiger partial charge in [-0.2, -0.15) is 12.6 Å². The zero-order valence-electron chi connectivity index (χ0n) is 17.8. The molecular formula is C21H33N3O4S. The van der Waals surface area contributed by atoms with Crippen LogP contribution < -0.4 is 15.8 Å². The number of ether oxygens (including phenoxy) is 1. The monoisotopic (exact) mass is 423 g/mol. The van der Waals surface area contributed by atoms with E-state index in [1.807, 2.05) is 38.1 Å². The van der Waals surface area contributed by atoms with Gasteiger partial charge in [-0.1, -0.05) is 26.0 Å². The minimum atomic E-state index is -0.682. The van der Waals surface area contributed by atoms with Crippen molar-refractivity contribution in [2.75, 3.05) is 21.2 Å². The number of likely N-dealkylation sites (N-methyl/N-ethyl adjacent to an activating group) is 2. The molecule has 1 aromatic rings. The third-order valence-corrected chi connectivity index (χ3v) is 5.48. The molecule has 0 aliphatic heterocycles. The average Bonchev–Trinajstić information content (AvgIpc) is 2.68. The molecule has 0 heterocycles. The van der Waals surface area contributed by atoms with E-state index in [4.69, 9.17) is 10.5 Å². The first-order valence-corrected chi connectivity index (χ1v) is 10.2. The number of rotatable bonds is 11. The number of primary amides is 1. The molecule has 3 N–H and O–H groups in total. The summed E-state index contributed by atoms with van der Waals surface area (Å²) in [5, 5.41) is 2.11. The van der Waals surface area contributed by atoms with Crippen molar-refractivity contribution in [2.45, 2.75) is 44.4 Å². The lowest BCUT2D eigenvalue weighted by Gasteiger charge is -2.29. The average molecular weight is 424 g/mol. The molecule has 162 valence electrons. The third-order valence-electron chi connectivity index (χ3n) is 4.94. The van der Waals surface area contributed by atoms with Gasteiger partial charge < -0.3 is 20.7 Å². The predicted octanol–water partition coefficient (Wildman–Crippen LogP) is 1.65. The van der Waals surface area contributed by atoms with Gasteiger partial charge in [-0.15, -0.1) is 0 Å². The van der Waals surface area contributed by atoms with Gasteiger partial charge in [0.2, 0.25) is 17.7 Å². The van der Waals surface area contributed by atoms with Crippen LogP contribution in [0, 0.1) is 11.8 Å². The molecule has 0 spiro atoms. The summed E-state index contributed by atoms with van der Waals surface area (Å²) in [4.78, 5) is 38.5. The van der Waals surface area contributed by atoms with E-state index in [1.54, 1.807) is 14.2 Å². The molecule has 3 atom stereocenters. The van der Waals surface area contributed by atoms with Crippen molar-refractivity contribution in [2.24, 2.45) is 17.6 Å². The quantitative estimate of drug-likeness (QED) is 0.471. The van der Waals surface area contributed by atoms with Crippen LogP contribution >= 0.6 is 12.6 Å². The van der Waals surface area contributed by atoms with Crippen LogP contribution in [0.25, 0.3) is 0 Å². The molecule has 0 saturated heterocycles. The highest BCUT2D eigenvalue weighted by molar-refractivity contribution is 7.81. The Hall–Kier alpha value is -2.22. The van der Waals surface area contributed by atoms with Gasteiger partial charge in [0.25, 0.3) is 0 Å². The topological polar surface area (TPSA) is 102 Å². The number of nitrogens with one attached hydrogen (secondary N) is 1. The highest BCUT2D eigenvalue weighted by Gasteiger charge is 2.31. The lowest BCUT2D eigenvalue weighted by atomic mass is 9.91. The number of hydrogen-bond donors (Lipinski definition) is 3.